The number of carbonyl (C=O) groups excluding carboxylic acids is 4. The maximum absolute atomic E-state index is 13.6. The number of carbonyl (C=O) groups is 4. The maximum atomic E-state index is 13.6. The summed E-state index contributed by atoms with van der Waals surface area (Å²) in [5.74, 6) is -3.22. The average Bonchev–Trinajstić information content (AvgIpc) is 3.65. The van der Waals surface area contributed by atoms with Crippen LogP contribution in [0.3, 0.4) is 0 Å². The van der Waals surface area contributed by atoms with E-state index in [9.17, 15) is 28.7 Å². The molecule has 4 N–H and O–H groups in total. The van der Waals surface area contributed by atoms with Crippen LogP contribution >= 0.6 is 0 Å². The lowest BCUT2D eigenvalue weighted by atomic mass is 10.0. The van der Waals surface area contributed by atoms with Crippen LogP contribution < -0.4 is 16.0 Å². The smallest absolute Gasteiger partial charge is 0.242 e. The third kappa shape index (κ3) is 7.75. The molecule has 0 aromatic heterocycles. The summed E-state index contributed by atoms with van der Waals surface area (Å²) in [6.07, 6.45) is -0.646. The van der Waals surface area contributed by atoms with Gasteiger partial charge in [-0.25, -0.2) is 4.39 Å². The molecule has 2 fully saturated rings. The minimum absolute atomic E-state index is 0.0103. The summed E-state index contributed by atoms with van der Waals surface area (Å²) in [6, 6.07) is 1.83. The topological polar surface area (TPSA) is 150 Å². The number of halogens is 1. The second kappa shape index (κ2) is 11.9. The van der Waals surface area contributed by atoms with Gasteiger partial charge < -0.3 is 30.5 Å². The monoisotopic (exact) mass is 480 g/mol. The Hall–Kier alpha value is -3.09. The van der Waals surface area contributed by atoms with Crippen molar-refractivity contribution in [2.75, 3.05) is 46.0 Å². The Balaban J connectivity index is 1.46. The van der Waals surface area contributed by atoms with Gasteiger partial charge >= 0.3 is 0 Å². The van der Waals surface area contributed by atoms with E-state index in [4.69, 9.17) is 9.47 Å². The minimum Gasteiger partial charge on any atom is -0.505 e. The number of Topliss-reactive ketones (excluding diaryl/α,β-unsaturated/α-hetero) is 1. The van der Waals surface area contributed by atoms with E-state index in [1.807, 2.05) is 4.90 Å². The van der Waals surface area contributed by atoms with Crippen molar-refractivity contribution in [1.29, 1.82) is 0 Å². The van der Waals surface area contributed by atoms with Crippen LogP contribution in [-0.4, -0.2) is 97.7 Å². The van der Waals surface area contributed by atoms with Gasteiger partial charge in [-0.05, 0) is 31.0 Å². The van der Waals surface area contributed by atoms with E-state index in [0.29, 0.717) is 31.9 Å². The first kappa shape index (κ1) is 25.5. The molecule has 1 aromatic carbocycles. The first-order chi connectivity index (χ1) is 16.2. The fourth-order valence-electron chi connectivity index (χ4n) is 3.45. The summed E-state index contributed by atoms with van der Waals surface area (Å²) in [5, 5.41) is 16.9. The normalized spacial score (nSPS) is 19.5. The van der Waals surface area contributed by atoms with E-state index in [1.165, 1.54) is 13.0 Å². The molecule has 1 aromatic rings. The Morgan fingerprint density at radius 2 is 1.88 bits per heavy atom. The van der Waals surface area contributed by atoms with Crippen LogP contribution in [0.4, 0.5) is 4.39 Å². The maximum Gasteiger partial charge on any atom is 0.242 e. The zero-order valence-corrected chi connectivity index (χ0v) is 18.8. The van der Waals surface area contributed by atoms with Crippen LogP contribution in [-0.2, 0) is 35.1 Å². The number of phenols is 1. The second-order valence-electron chi connectivity index (χ2n) is 8.23. The summed E-state index contributed by atoms with van der Waals surface area (Å²) in [4.78, 5) is 51.2. The number of hydrogen-bond acceptors (Lipinski definition) is 8. The van der Waals surface area contributed by atoms with Crippen LogP contribution in [0.15, 0.2) is 18.2 Å². The Morgan fingerprint density at radius 1 is 1.18 bits per heavy atom. The fourth-order valence-corrected chi connectivity index (χ4v) is 3.45. The van der Waals surface area contributed by atoms with Crippen molar-refractivity contribution < 1.29 is 38.1 Å². The summed E-state index contributed by atoms with van der Waals surface area (Å²) >= 11 is 0. The molecule has 3 amide bonds. The van der Waals surface area contributed by atoms with Crippen molar-refractivity contribution in [3.63, 3.8) is 0 Å². The molecule has 11 nitrogen and oxygen atoms in total. The highest BCUT2D eigenvalue weighted by Crippen LogP contribution is 2.19. The Bertz CT molecular complexity index is 919. The van der Waals surface area contributed by atoms with E-state index in [2.05, 4.69) is 16.0 Å². The lowest BCUT2D eigenvalue weighted by Gasteiger charge is -2.26. The lowest BCUT2D eigenvalue weighted by molar-refractivity contribution is -0.131. The molecule has 0 bridgehead atoms. The number of hydrogen-bond donors (Lipinski definition) is 4. The van der Waals surface area contributed by atoms with Gasteiger partial charge in [0.15, 0.2) is 17.3 Å². The molecule has 186 valence electrons. The lowest BCUT2D eigenvalue weighted by Crippen LogP contribution is -2.52. The zero-order valence-electron chi connectivity index (χ0n) is 18.8. The number of rotatable bonds is 11. The highest BCUT2D eigenvalue weighted by atomic mass is 19.1. The van der Waals surface area contributed by atoms with Gasteiger partial charge in [-0.3, -0.25) is 24.1 Å². The van der Waals surface area contributed by atoms with Crippen molar-refractivity contribution >= 4 is 23.5 Å². The predicted molar refractivity (Wildman–Crippen MR) is 116 cm³/mol. The summed E-state index contributed by atoms with van der Waals surface area (Å²) in [7, 11) is 0. The van der Waals surface area contributed by atoms with Gasteiger partial charge in [0.05, 0.1) is 39.0 Å². The molecular weight excluding hydrogens is 451 g/mol. The standard InChI is InChI=1S/C22H29FN4O7/c1-13(25-20(30)11-27-4-6-33-7-5-27)22(32)24-10-19(29)26-16(21(31)18-12-34-18)9-14-2-3-17(28)15(23)8-14/h2-3,8,13,16,18,28H,4-7,9-12H2,1H3,(H,24,32)(H,25,30)(H,26,29). The molecule has 0 spiro atoms. The SMILES string of the molecule is CC(NC(=O)CN1CCOCC1)C(=O)NCC(=O)NC(Cc1ccc(O)c(F)c1)C(=O)C1CO1. The van der Waals surface area contributed by atoms with Gasteiger partial charge in [0.25, 0.3) is 0 Å². The number of aromatic hydroxyl groups is 1. The molecule has 12 heteroatoms. The van der Waals surface area contributed by atoms with Crippen molar-refractivity contribution in [1.82, 2.24) is 20.9 Å². The number of ketones is 1. The number of morpholine rings is 1. The number of amides is 3. The summed E-state index contributed by atoms with van der Waals surface area (Å²) in [6.45, 7) is 3.85. The van der Waals surface area contributed by atoms with E-state index in [0.717, 1.165) is 12.1 Å². The number of epoxide rings is 1. The number of nitrogens with zero attached hydrogens (tertiary/aromatic N) is 1. The summed E-state index contributed by atoms with van der Waals surface area (Å²) < 4.78 is 23.9. The minimum atomic E-state index is -0.994. The number of benzene rings is 1. The second-order valence-corrected chi connectivity index (χ2v) is 8.23. The Morgan fingerprint density at radius 3 is 2.53 bits per heavy atom. The van der Waals surface area contributed by atoms with Gasteiger partial charge in [-0.1, -0.05) is 6.07 Å². The van der Waals surface area contributed by atoms with E-state index >= 15 is 0 Å². The van der Waals surface area contributed by atoms with Gasteiger partial charge in [0.1, 0.15) is 12.1 Å². The molecule has 34 heavy (non-hydrogen) atoms. The zero-order chi connectivity index (χ0) is 24.7. The molecule has 3 unspecified atom stereocenters. The van der Waals surface area contributed by atoms with Crippen LogP contribution in [0.1, 0.15) is 12.5 Å². The van der Waals surface area contributed by atoms with E-state index in [1.54, 1.807) is 0 Å². The largest absolute Gasteiger partial charge is 0.505 e. The first-order valence-corrected chi connectivity index (χ1v) is 11.0. The third-order valence-corrected chi connectivity index (χ3v) is 5.45. The average molecular weight is 480 g/mol. The van der Waals surface area contributed by atoms with E-state index < -0.39 is 48.1 Å². The molecule has 2 aliphatic heterocycles. The molecule has 0 radical (unpaired) electrons. The van der Waals surface area contributed by atoms with Gasteiger partial charge in [0.2, 0.25) is 17.7 Å². The van der Waals surface area contributed by atoms with Crippen molar-refractivity contribution in [3.05, 3.63) is 29.6 Å². The van der Waals surface area contributed by atoms with Crippen molar-refractivity contribution in [2.45, 2.75) is 31.5 Å². The molecule has 2 heterocycles. The van der Waals surface area contributed by atoms with Crippen LogP contribution in [0, 0.1) is 5.82 Å². The Labute approximate surface area is 196 Å². The quantitative estimate of drug-likeness (QED) is 0.279. The Kier molecular flexibility index (Phi) is 8.91. The molecule has 0 saturated carbocycles. The molecular formula is C22H29FN4O7. The van der Waals surface area contributed by atoms with E-state index in [-0.39, 0.29) is 31.3 Å². The molecule has 2 aliphatic rings. The molecule has 0 aliphatic carbocycles. The van der Waals surface area contributed by atoms with Crippen molar-refractivity contribution in [3.8, 4) is 5.75 Å². The first-order valence-electron chi connectivity index (χ1n) is 11.0. The molecule has 2 saturated heterocycles. The predicted octanol–water partition coefficient (Wildman–Crippen LogP) is -1.52. The highest BCUT2D eigenvalue weighted by molar-refractivity contribution is 5.95. The van der Waals surface area contributed by atoms with Crippen LogP contribution in [0.25, 0.3) is 0 Å². The van der Waals surface area contributed by atoms with Crippen molar-refractivity contribution in [2.24, 2.45) is 0 Å². The summed E-state index contributed by atoms with van der Waals surface area (Å²) in [5.41, 5.74) is 0.398. The van der Waals surface area contributed by atoms with Gasteiger partial charge in [-0.15, -0.1) is 0 Å². The molecule has 3 atom stereocenters. The van der Waals surface area contributed by atoms with Crippen LogP contribution in [0.5, 0.6) is 5.75 Å². The van der Waals surface area contributed by atoms with Crippen LogP contribution in [0.2, 0.25) is 0 Å². The fraction of sp³-hybridized carbons (Fsp3) is 0.545. The number of nitrogens with one attached hydrogen (secondary N) is 3. The molecule has 3 rings (SSSR count). The third-order valence-electron chi connectivity index (χ3n) is 5.45. The highest BCUT2D eigenvalue weighted by Gasteiger charge is 2.37. The van der Waals surface area contributed by atoms with Gasteiger partial charge in [0, 0.05) is 13.1 Å². The number of phenolic OH excluding ortho intramolecular Hbond substituents is 1. The number of ether oxygens (including phenoxy) is 2. The van der Waals surface area contributed by atoms with Gasteiger partial charge in [-0.2, -0.15) is 0 Å².